The van der Waals surface area contributed by atoms with Crippen LogP contribution >= 0.6 is 0 Å². The van der Waals surface area contributed by atoms with E-state index in [0.29, 0.717) is 30.5 Å². The van der Waals surface area contributed by atoms with E-state index in [1.807, 2.05) is 0 Å². The first kappa shape index (κ1) is 18.1. The van der Waals surface area contributed by atoms with Crippen LogP contribution in [0.3, 0.4) is 0 Å². The highest BCUT2D eigenvalue weighted by molar-refractivity contribution is 5.96. The minimum absolute atomic E-state index is 0.0893. The molecule has 0 radical (unpaired) electrons. The average molecular weight is 340 g/mol. The Balaban J connectivity index is 2.50. The lowest BCUT2D eigenvalue weighted by Gasteiger charge is -2.18. The SMILES string of the molecule is CCOC(=O)/C(F)=C1\CCCc2c1c(COC(C)=O)nn2COC. The van der Waals surface area contributed by atoms with Crippen molar-refractivity contribution in [1.29, 1.82) is 0 Å². The number of hydrogen-bond donors (Lipinski definition) is 0. The van der Waals surface area contributed by atoms with E-state index in [-0.39, 0.29) is 25.5 Å². The number of hydrogen-bond acceptors (Lipinski definition) is 6. The molecular weight excluding hydrogens is 319 g/mol. The summed E-state index contributed by atoms with van der Waals surface area (Å²) in [6, 6.07) is 0. The molecule has 0 aromatic carbocycles. The summed E-state index contributed by atoms with van der Waals surface area (Å²) in [6.07, 6.45) is 1.74. The number of rotatable bonds is 6. The van der Waals surface area contributed by atoms with Crippen molar-refractivity contribution in [1.82, 2.24) is 9.78 Å². The Labute approximate surface area is 139 Å². The molecule has 0 unspecified atom stereocenters. The van der Waals surface area contributed by atoms with E-state index >= 15 is 0 Å². The zero-order valence-electron chi connectivity index (χ0n) is 14.1. The first-order chi connectivity index (χ1) is 11.5. The standard InChI is InChI=1S/C16H21FN2O5/c1-4-23-16(21)15(17)11-6-5-7-13-14(11)12(8-24-10(2)20)18-19(13)9-22-3/h4-9H2,1-3H3/b15-11-. The van der Waals surface area contributed by atoms with Crippen LogP contribution in [0.25, 0.3) is 5.57 Å². The number of carbonyl (C=O) groups is 2. The molecular formula is C16H21FN2O5. The summed E-state index contributed by atoms with van der Waals surface area (Å²) in [6.45, 7) is 3.10. The van der Waals surface area contributed by atoms with Gasteiger partial charge in [0.25, 0.3) is 0 Å². The fourth-order valence-corrected chi connectivity index (χ4v) is 2.75. The molecule has 1 aliphatic carbocycles. The molecule has 1 aromatic rings. The monoisotopic (exact) mass is 340 g/mol. The Hall–Kier alpha value is -2.22. The maximum Gasteiger partial charge on any atom is 0.367 e. The van der Waals surface area contributed by atoms with Crippen molar-refractivity contribution in [2.24, 2.45) is 0 Å². The van der Waals surface area contributed by atoms with Gasteiger partial charge in [0.2, 0.25) is 5.83 Å². The van der Waals surface area contributed by atoms with Crippen LogP contribution in [0.1, 0.15) is 43.6 Å². The predicted molar refractivity (Wildman–Crippen MR) is 82.3 cm³/mol. The van der Waals surface area contributed by atoms with Crippen molar-refractivity contribution in [3.8, 4) is 0 Å². The largest absolute Gasteiger partial charge is 0.461 e. The molecule has 132 valence electrons. The fraction of sp³-hybridized carbons (Fsp3) is 0.562. The molecule has 0 saturated carbocycles. The number of allylic oxidation sites excluding steroid dienone is 1. The molecule has 0 atom stereocenters. The molecule has 1 heterocycles. The third-order valence-electron chi connectivity index (χ3n) is 3.66. The lowest BCUT2D eigenvalue weighted by molar-refractivity contribution is -0.142. The van der Waals surface area contributed by atoms with Crippen LogP contribution in [0.2, 0.25) is 0 Å². The van der Waals surface area contributed by atoms with Crippen LogP contribution in [0.4, 0.5) is 4.39 Å². The van der Waals surface area contributed by atoms with E-state index in [4.69, 9.17) is 14.2 Å². The second kappa shape index (κ2) is 8.05. The summed E-state index contributed by atoms with van der Waals surface area (Å²) in [5, 5.41) is 4.35. The minimum atomic E-state index is -0.988. The number of carbonyl (C=O) groups excluding carboxylic acids is 2. The molecule has 7 nitrogen and oxygen atoms in total. The van der Waals surface area contributed by atoms with Gasteiger partial charge >= 0.3 is 11.9 Å². The molecule has 8 heteroatoms. The van der Waals surface area contributed by atoms with Gasteiger partial charge in [-0.05, 0) is 26.2 Å². The maximum atomic E-state index is 14.6. The van der Waals surface area contributed by atoms with E-state index in [9.17, 15) is 14.0 Å². The number of aromatic nitrogens is 2. The van der Waals surface area contributed by atoms with Gasteiger partial charge in [0, 0.05) is 30.9 Å². The highest BCUT2D eigenvalue weighted by Crippen LogP contribution is 2.36. The molecule has 0 aliphatic heterocycles. The van der Waals surface area contributed by atoms with Gasteiger partial charge in [-0.3, -0.25) is 4.79 Å². The van der Waals surface area contributed by atoms with Gasteiger partial charge < -0.3 is 14.2 Å². The van der Waals surface area contributed by atoms with E-state index in [2.05, 4.69) is 5.10 Å². The Morgan fingerprint density at radius 1 is 1.29 bits per heavy atom. The van der Waals surface area contributed by atoms with Crippen LogP contribution in [-0.4, -0.2) is 35.4 Å². The van der Waals surface area contributed by atoms with Crippen molar-refractivity contribution >= 4 is 17.5 Å². The number of methoxy groups -OCH3 is 1. The molecule has 1 aliphatic rings. The summed E-state index contributed by atoms with van der Waals surface area (Å²) >= 11 is 0. The lowest BCUT2D eigenvalue weighted by atomic mass is 9.89. The Morgan fingerprint density at radius 2 is 2.04 bits per heavy atom. The molecule has 0 N–H and O–H groups in total. The summed E-state index contributed by atoms with van der Waals surface area (Å²) in [5.41, 5.74) is 1.94. The van der Waals surface area contributed by atoms with Gasteiger partial charge in [-0.25, -0.2) is 9.48 Å². The summed E-state index contributed by atoms with van der Waals surface area (Å²) < 4.78 is 31.0. The Kier molecular flexibility index (Phi) is 6.08. The van der Waals surface area contributed by atoms with E-state index < -0.39 is 17.8 Å². The van der Waals surface area contributed by atoms with Gasteiger partial charge in [0.15, 0.2) is 0 Å². The number of fused-ring (bicyclic) bond motifs is 1. The van der Waals surface area contributed by atoms with Crippen molar-refractivity contribution in [2.45, 2.75) is 46.4 Å². The topological polar surface area (TPSA) is 79.7 Å². The maximum absolute atomic E-state index is 14.6. The second-order valence-electron chi connectivity index (χ2n) is 5.33. The van der Waals surface area contributed by atoms with Crippen molar-refractivity contribution in [3.05, 3.63) is 22.8 Å². The number of ether oxygens (including phenoxy) is 3. The average Bonchev–Trinajstić information content (AvgIpc) is 2.91. The Bertz CT molecular complexity index is 666. The lowest BCUT2D eigenvalue weighted by Crippen LogP contribution is -2.13. The quantitative estimate of drug-likeness (QED) is 0.583. The van der Waals surface area contributed by atoms with Crippen molar-refractivity contribution < 1.29 is 28.2 Å². The highest BCUT2D eigenvalue weighted by Gasteiger charge is 2.29. The molecule has 0 bridgehead atoms. The summed E-state index contributed by atoms with van der Waals surface area (Å²) in [5.74, 6) is -2.37. The van der Waals surface area contributed by atoms with Gasteiger partial charge in [0.05, 0.1) is 6.61 Å². The van der Waals surface area contributed by atoms with Crippen LogP contribution in [0.5, 0.6) is 0 Å². The molecule has 0 fully saturated rings. The molecule has 1 aromatic heterocycles. The second-order valence-corrected chi connectivity index (χ2v) is 5.33. The third kappa shape index (κ3) is 3.81. The van der Waals surface area contributed by atoms with Gasteiger partial charge in [-0.15, -0.1) is 0 Å². The minimum Gasteiger partial charge on any atom is -0.461 e. The molecule has 2 rings (SSSR count). The number of halogens is 1. The Morgan fingerprint density at radius 3 is 2.67 bits per heavy atom. The third-order valence-corrected chi connectivity index (χ3v) is 3.66. The van der Waals surface area contributed by atoms with Crippen LogP contribution < -0.4 is 0 Å². The predicted octanol–water partition coefficient (Wildman–Crippen LogP) is 2.13. The summed E-state index contributed by atoms with van der Waals surface area (Å²) in [7, 11) is 1.53. The van der Waals surface area contributed by atoms with Crippen molar-refractivity contribution in [3.63, 3.8) is 0 Å². The fourth-order valence-electron chi connectivity index (χ4n) is 2.75. The van der Waals surface area contributed by atoms with Crippen LogP contribution in [-0.2, 0) is 43.6 Å². The molecule has 0 spiro atoms. The van der Waals surface area contributed by atoms with Gasteiger partial charge in [-0.1, -0.05) is 0 Å². The molecule has 0 amide bonds. The van der Waals surface area contributed by atoms with Crippen molar-refractivity contribution in [2.75, 3.05) is 13.7 Å². The van der Waals surface area contributed by atoms with E-state index in [0.717, 1.165) is 5.69 Å². The van der Waals surface area contributed by atoms with E-state index in [1.54, 1.807) is 11.6 Å². The highest BCUT2D eigenvalue weighted by atomic mass is 19.1. The molecule has 24 heavy (non-hydrogen) atoms. The first-order valence-corrected chi connectivity index (χ1v) is 7.76. The normalized spacial score (nSPS) is 15.7. The number of esters is 2. The van der Waals surface area contributed by atoms with Gasteiger partial charge in [0.1, 0.15) is 19.0 Å². The smallest absolute Gasteiger partial charge is 0.367 e. The first-order valence-electron chi connectivity index (χ1n) is 7.76. The van der Waals surface area contributed by atoms with Crippen LogP contribution in [0.15, 0.2) is 5.83 Å². The zero-order valence-corrected chi connectivity index (χ0v) is 14.1. The van der Waals surface area contributed by atoms with Gasteiger partial charge in [-0.2, -0.15) is 9.49 Å². The molecule has 0 saturated heterocycles. The summed E-state index contributed by atoms with van der Waals surface area (Å²) in [4.78, 5) is 22.9. The number of nitrogens with zero attached hydrogens (tertiary/aromatic N) is 2. The van der Waals surface area contributed by atoms with E-state index in [1.165, 1.54) is 14.0 Å². The van der Waals surface area contributed by atoms with Crippen LogP contribution in [0, 0.1) is 0 Å². The zero-order chi connectivity index (χ0) is 17.7.